The fourth-order valence-corrected chi connectivity index (χ4v) is 5.37. The molecular weight excluding hydrogens is 412 g/mol. The number of aromatic nitrogens is 2. The number of nitrogens with zero attached hydrogens (tertiary/aromatic N) is 1. The molecule has 0 radical (unpaired) electrons. The number of aryl methyl sites for hydroxylation is 1. The summed E-state index contributed by atoms with van der Waals surface area (Å²) in [7, 11) is -3.45. The first kappa shape index (κ1) is 21.7. The second-order valence-corrected chi connectivity index (χ2v) is 11.5. The largest absolute Gasteiger partial charge is 0.710 e. The Balaban J connectivity index is 1.88. The quantitative estimate of drug-likeness (QED) is 0.449. The molecule has 1 aliphatic rings. The SMILES string of the molecule is Cc1cc(-c2cc(S(=O)(=O)C(C)C)ccc2O[C@H]2CC[C@H](C)CC2)c2cc[nH]c2[n+]1[O-]. The van der Waals surface area contributed by atoms with Gasteiger partial charge in [0.15, 0.2) is 9.84 Å². The number of hydrogen-bond acceptors (Lipinski definition) is 4. The van der Waals surface area contributed by atoms with Gasteiger partial charge in [0.05, 0.1) is 27.8 Å². The standard InChI is InChI=1S/C24H30N2O4S/c1-15(2)31(28,29)19-9-10-23(30-18-7-5-16(3)6-8-18)22(14-19)21-13-17(4)26(27)24-20(21)11-12-25-24/h9-16,18,25H,5-8H2,1-4H3/t16-,18-. The molecule has 6 nitrogen and oxygen atoms in total. The van der Waals surface area contributed by atoms with Crippen LogP contribution in [0, 0.1) is 18.0 Å². The molecule has 0 unspecified atom stereocenters. The van der Waals surface area contributed by atoms with Gasteiger partial charge in [-0.2, -0.15) is 0 Å². The summed E-state index contributed by atoms with van der Waals surface area (Å²) in [6.07, 6.45) is 6.06. The minimum atomic E-state index is -3.45. The summed E-state index contributed by atoms with van der Waals surface area (Å²) in [4.78, 5) is 3.27. The van der Waals surface area contributed by atoms with E-state index in [0.29, 0.717) is 28.6 Å². The summed E-state index contributed by atoms with van der Waals surface area (Å²) in [5.41, 5.74) is 2.47. The highest BCUT2D eigenvalue weighted by atomic mass is 32.2. The predicted octanol–water partition coefficient (Wildman–Crippen LogP) is 4.92. The summed E-state index contributed by atoms with van der Waals surface area (Å²) in [6, 6.07) is 8.76. The molecule has 0 bridgehead atoms. The molecule has 0 spiro atoms. The number of sulfone groups is 1. The number of hydrogen-bond donors (Lipinski definition) is 1. The van der Waals surface area contributed by atoms with Crippen molar-refractivity contribution in [3.8, 4) is 16.9 Å². The third kappa shape index (κ3) is 4.03. The van der Waals surface area contributed by atoms with Crippen molar-refractivity contribution in [3.05, 3.63) is 47.4 Å². The molecule has 3 aromatic rings. The van der Waals surface area contributed by atoms with Crippen LogP contribution in [0.15, 0.2) is 41.4 Å². The van der Waals surface area contributed by atoms with Gasteiger partial charge in [0.2, 0.25) is 0 Å². The van der Waals surface area contributed by atoms with E-state index in [1.54, 1.807) is 51.2 Å². The highest BCUT2D eigenvalue weighted by molar-refractivity contribution is 7.92. The normalized spacial score (nSPS) is 19.8. The number of pyridine rings is 1. The third-order valence-electron chi connectivity index (χ3n) is 6.34. The molecule has 7 heteroatoms. The van der Waals surface area contributed by atoms with Crippen LogP contribution in [0.5, 0.6) is 5.75 Å². The van der Waals surface area contributed by atoms with E-state index in [1.807, 2.05) is 6.07 Å². The van der Waals surface area contributed by atoms with E-state index < -0.39 is 15.1 Å². The molecule has 0 aliphatic heterocycles. The van der Waals surface area contributed by atoms with Gasteiger partial charge < -0.3 is 9.94 Å². The molecule has 1 N–H and O–H groups in total. The molecule has 0 saturated heterocycles. The Morgan fingerprint density at radius 2 is 1.81 bits per heavy atom. The summed E-state index contributed by atoms with van der Waals surface area (Å²) >= 11 is 0. The van der Waals surface area contributed by atoms with Crippen LogP contribution in [-0.4, -0.2) is 24.8 Å². The Bertz CT molecular complexity index is 1210. The van der Waals surface area contributed by atoms with E-state index in [2.05, 4.69) is 11.9 Å². The van der Waals surface area contributed by atoms with E-state index in [0.717, 1.165) is 41.4 Å². The number of rotatable bonds is 5. The van der Waals surface area contributed by atoms with Crippen LogP contribution in [0.4, 0.5) is 0 Å². The molecule has 1 aliphatic carbocycles. The van der Waals surface area contributed by atoms with Crippen LogP contribution in [0.25, 0.3) is 22.2 Å². The predicted molar refractivity (Wildman–Crippen MR) is 122 cm³/mol. The Morgan fingerprint density at radius 3 is 2.48 bits per heavy atom. The first-order valence-corrected chi connectivity index (χ1v) is 12.5. The number of nitrogens with one attached hydrogen (secondary N) is 1. The van der Waals surface area contributed by atoms with Crippen molar-refractivity contribution in [2.75, 3.05) is 0 Å². The topological polar surface area (TPSA) is 86.1 Å². The molecule has 0 amide bonds. The van der Waals surface area contributed by atoms with Crippen molar-refractivity contribution in [1.82, 2.24) is 4.98 Å². The lowest BCUT2D eigenvalue weighted by Gasteiger charge is -2.28. The maximum Gasteiger partial charge on any atom is 0.290 e. The minimum absolute atomic E-state index is 0.110. The monoisotopic (exact) mass is 442 g/mol. The smallest absolute Gasteiger partial charge is 0.290 e. The summed E-state index contributed by atoms with van der Waals surface area (Å²) in [5.74, 6) is 1.37. The highest BCUT2D eigenvalue weighted by Gasteiger charge is 2.25. The van der Waals surface area contributed by atoms with Gasteiger partial charge in [-0.15, -0.1) is 0 Å². The lowest BCUT2D eigenvalue weighted by molar-refractivity contribution is -0.586. The molecule has 2 heterocycles. The molecular formula is C24H30N2O4S. The van der Waals surface area contributed by atoms with Crippen LogP contribution >= 0.6 is 0 Å². The Morgan fingerprint density at radius 1 is 1.10 bits per heavy atom. The van der Waals surface area contributed by atoms with Gasteiger partial charge >= 0.3 is 0 Å². The van der Waals surface area contributed by atoms with Crippen molar-refractivity contribution in [1.29, 1.82) is 0 Å². The second kappa shape index (κ2) is 8.19. The minimum Gasteiger partial charge on any atom is -0.710 e. The van der Waals surface area contributed by atoms with E-state index in [1.165, 1.54) is 0 Å². The van der Waals surface area contributed by atoms with Gasteiger partial charge in [-0.1, -0.05) is 6.92 Å². The fourth-order valence-electron chi connectivity index (χ4n) is 4.29. The van der Waals surface area contributed by atoms with Crippen LogP contribution in [0.2, 0.25) is 0 Å². The first-order valence-electron chi connectivity index (χ1n) is 10.9. The molecule has 31 heavy (non-hydrogen) atoms. The molecule has 4 rings (SSSR count). The van der Waals surface area contributed by atoms with Gasteiger partial charge in [-0.25, -0.2) is 18.1 Å². The fraction of sp³-hybridized carbons (Fsp3) is 0.458. The van der Waals surface area contributed by atoms with Gasteiger partial charge in [-0.05, 0) is 82.7 Å². The Labute approximate surface area is 183 Å². The number of benzene rings is 1. The molecule has 166 valence electrons. The molecule has 0 atom stereocenters. The lowest BCUT2D eigenvalue weighted by Crippen LogP contribution is -2.31. The van der Waals surface area contributed by atoms with Crippen molar-refractivity contribution in [2.24, 2.45) is 5.92 Å². The highest BCUT2D eigenvalue weighted by Crippen LogP contribution is 2.39. The van der Waals surface area contributed by atoms with Crippen molar-refractivity contribution < 1.29 is 17.9 Å². The zero-order valence-electron chi connectivity index (χ0n) is 18.5. The first-order chi connectivity index (χ1) is 14.7. The average Bonchev–Trinajstić information content (AvgIpc) is 3.23. The number of fused-ring (bicyclic) bond motifs is 1. The van der Waals surface area contributed by atoms with Gasteiger partial charge in [0, 0.05) is 11.1 Å². The summed E-state index contributed by atoms with van der Waals surface area (Å²) in [6.45, 7) is 7.37. The maximum absolute atomic E-state index is 12.9. The average molecular weight is 443 g/mol. The van der Waals surface area contributed by atoms with Crippen LogP contribution in [-0.2, 0) is 9.84 Å². The molecule has 1 saturated carbocycles. The Hall–Kier alpha value is -2.54. The van der Waals surface area contributed by atoms with E-state index in [4.69, 9.17) is 4.74 Å². The lowest BCUT2D eigenvalue weighted by atomic mass is 9.89. The molecule has 2 aromatic heterocycles. The van der Waals surface area contributed by atoms with E-state index in [9.17, 15) is 13.6 Å². The Kier molecular flexibility index (Phi) is 5.73. The van der Waals surface area contributed by atoms with Crippen molar-refractivity contribution >= 4 is 20.9 Å². The second-order valence-electron chi connectivity index (χ2n) is 8.99. The number of ether oxygens (including phenoxy) is 1. The van der Waals surface area contributed by atoms with Crippen molar-refractivity contribution in [3.63, 3.8) is 0 Å². The van der Waals surface area contributed by atoms with Crippen molar-refractivity contribution in [2.45, 2.75) is 69.6 Å². The maximum atomic E-state index is 12.9. The zero-order valence-corrected chi connectivity index (χ0v) is 19.3. The number of aromatic amines is 1. The number of H-pyrrole nitrogens is 1. The zero-order chi connectivity index (χ0) is 22.3. The van der Waals surface area contributed by atoms with Crippen LogP contribution < -0.4 is 9.47 Å². The third-order valence-corrected chi connectivity index (χ3v) is 8.49. The molecule has 1 aromatic carbocycles. The summed E-state index contributed by atoms with van der Waals surface area (Å²) < 4.78 is 33.1. The van der Waals surface area contributed by atoms with Gasteiger partial charge in [0.25, 0.3) is 5.65 Å². The van der Waals surface area contributed by atoms with Crippen LogP contribution in [0.1, 0.15) is 52.1 Å². The van der Waals surface area contributed by atoms with Gasteiger partial charge in [-0.3, -0.25) is 0 Å². The van der Waals surface area contributed by atoms with E-state index >= 15 is 0 Å². The summed E-state index contributed by atoms with van der Waals surface area (Å²) in [5, 5.41) is 12.7. The molecule has 1 fully saturated rings. The van der Waals surface area contributed by atoms with E-state index in [-0.39, 0.29) is 11.0 Å². The van der Waals surface area contributed by atoms with Crippen LogP contribution in [0.3, 0.4) is 0 Å². The van der Waals surface area contributed by atoms with Gasteiger partial charge in [0.1, 0.15) is 11.4 Å².